The van der Waals surface area contributed by atoms with Crippen LogP contribution in [-0.4, -0.2) is 18.4 Å². The number of hydrogen-bond acceptors (Lipinski definition) is 4. The van der Waals surface area contributed by atoms with Gasteiger partial charge in [0.05, 0.1) is 19.1 Å². The topological polar surface area (TPSA) is 56.5 Å². The Hall–Kier alpha value is -1.84. The van der Waals surface area contributed by atoms with Crippen LogP contribution in [0.2, 0.25) is 0 Å². The lowest BCUT2D eigenvalue weighted by Crippen LogP contribution is -2.14. The van der Waals surface area contributed by atoms with Crippen molar-refractivity contribution in [2.24, 2.45) is 0 Å². The van der Waals surface area contributed by atoms with Gasteiger partial charge in [0.2, 0.25) is 0 Å². The molecule has 0 bridgehead atoms. The summed E-state index contributed by atoms with van der Waals surface area (Å²) in [5, 5.41) is 0. The van der Waals surface area contributed by atoms with Crippen LogP contribution >= 0.6 is 0 Å². The Balaban J connectivity index is 2.52. The van der Waals surface area contributed by atoms with Crippen LogP contribution in [0.4, 0.5) is 0 Å². The minimum atomic E-state index is -0.841. The van der Waals surface area contributed by atoms with E-state index in [-0.39, 0.29) is 6.61 Å². The third-order valence-electron chi connectivity index (χ3n) is 1.45. The van der Waals surface area contributed by atoms with Gasteiger partial charge in [-0.2, -0.15) is 0 Å². The zero-order valence-corrected chi connectivity index (χ0v) is 7.73. The van der Waals surface area contributed by atoms with Gasteiger partial charge in [-0.25, -0.2) is 4.79 Å². The van der Waals surface area contributed by atoms with Crippen LogP contribution in [0.3, 0.4) is 0 Å². The minimum absolute atomic E-state index is 0.199. The monoisotopic (exact) mass is 194 g/mol. The maximum absolute atomic E-state index is 11.0. The van der Waals surface area contributed by atoms with E-state index in [1.165, 1.54) is 18.6 Å². The van der Waals surface area contributed by atoms with Gasteiger partial charge in [-0.1, -0.05) is 0 Å². The van der Waals surface area contributed by atoms with Crippen LogP contribution in [-0.2, 0) is 14.3 Å². The predicted octanol–water partition coefficient (Wildman–Crippen LogP) is 1.43. The Kier molecular flexibility index (Phi) is 3.67. The Morgan fingerprint density at radius 3 is 2.93 bits per heavy atom. The molecule has 74 valence electrons. The molecule has 1 heterocycles. The molecule has 0 amide bonds. The molecule has 0 saturated heterocycles. The molecule has 1 aromatic rings. The van der Waals surface area contributed by atoms with Crippen LogP contribution in [0.15, 0.2) is 29.1 Å². The maximum Gasteiger partial charge on any atom is 0.379 e. The van der Waals surface area contributed by atoms with E-state index in [4.69, 9.17) is 4.42 Å². The third kappa shape index (κ3) is 2.90. The average Bonchev–Trinajstić information content (AvgIpc) is 2.67. The summed E-state index contributed by atoms with van der Waals surface area (Å²) >= 11 is 0. The second kappa shape index (κ2) is 5.01. The molecule has 0 saturated carbocycles. The molecule has 14 heavy (non-hydrogen) atoms. The smallest absolute Gasteiger partial charge is 0.379 e. The molecular weight excluding hydrogens is 184 g/mol. The number of carbonyl (C=O) groups is 2. The van der Waals surface area contributed by atoms with Crippen molar-refractivity contribution in [2.75, 3.05) is 6.61 Å². The lowest BCUT2D eigenvalue weighted by Gasteiger charge is -1.94. The molecule has 0 radical (unpaired) electrons. The van der Waals surface area contributed by atoms with E-state index in [1.54, 1.807) is 13.0 Å². The lowest BCUT2D eigenvalue weighted by atomic mass is 10.2. The van der Waals surface area contributed by atoms with Crippen molar-refractivity contribution < 1.29 is 18.7 Å². The van der Waals surface area contributed by atoms with Gasteiger partial charge in [-0.05, 0) is 25.1 Å². The van der Waals surface area contributed by atoms with E-state index in [1.807, 2.05) is 0 Å². The van der Waals surface area contributed by atoms with Gasteiger partial charge in [0.25, 0.3) is 5.78 Å². The molecule has 0 spiro atoms. The lowest BCUT2D eigenvalue weighted by molar-refractivity contribution is -0.151. The van der Waals surface area contributed by atoms with Crippen LogP contribution in [0.5, 0.6) is 0 Å². The van der Waals surface area contributed by atoms with E-state index < -0.39 is 11.8 Å². The molecule has 0 N–H and O–H groups in total. The predicted molar refractivity (Wildman–Crippen MR) is 49.4 cm³/mol. The van der Waals surface area contributed by atoms with E-state index >= 15 is 0 Å². The third-order valence-corrected chi connectivity index (χ3v) is 1.45. The Morgan fingerprint density at radius 1 is 1.57 bits per heavy atom. The van der Waals surface area contributed by atoms with Crippen molar-refractivity contribution in [3.05, 3.63) is 30.2 Å². The van der Waals surface area contributed by atoms with Crippen molar-refractivity contribution in [1.29, 1.82) is 0 Å². The molecule has 4 heteroatoms. The summed E-state index contributed by atoms with van der Waals surface area (Å²) in [6.45, 7) is 1.84. The van der Waals surface area contributed by atoms with Crippen molar-refractivity contribution in [2.45, 2.75) is 6.92 Å². The highest BCUT2D eigenvalue weighted by Crippen LogP contribution is 2.02. The van der Waals surface area contributed by atoms with Crippen LogP contribution < -0.4 is 0 Å². The van der Waals surface area contributed by atoms with Crippen molar-refractivity contribution in [3.8, 4) is 0 Å². The molecule has 0 unspecified atom stereocenters. The molecule has 1 rings (SSSR count). The number of esters is 1. The fourth-order valence-corrected chi connectivity index (χ4v) is 0.812. The van der Waals surface area contributed by atoms with Crippen molar-refractivity contribution in [3.63, 3.8) is 0 Å². The van der Waals surface area contributed by atoms with Crippen LogP contribution in [0, 0.1) is 0 Å². The van der Waals surface area contributed by atoms with Crippen LogP contribution in [0.25, 0.3) is 6.08 Å². The second-order valence-corrected chi connectivity index (χ2v) is 2.47. The molecule has 1 aromatic heterocycles. The highest BCUT2D eigenvalue weighted by atomic mass is 16.5. The Morgan fingerprint density at radius 2 is 2.36 bits per heavy atom. The van der Waals surface area contributed by atoms with Gasteiger partial charge in [0, 0.05) is 5.56 Å². The number of rotatable bonds is 4. The first-order valence-corrected chi connectivity index (χ1v) is 4.15. The highest BCUT2D eigenvalue weighted by molar-refractivity contribution is 6.39. The summed E-state index contributed by atoms with van der Waals surface area (Å²) in [4.78, 5) is 21.9. The highest BCUT2D eigenvalue weighted by Gasteiger charge is 2.09. The van der Waals surface area contributed by atoms with Crippen molar-refractivity contribution in [1.82, 2.24) is 0 Å². The fraction of sp³-hybridized carbons (Fsp3) is 0.200. The SMILES string of the molecule is CCOC(=O)C(=O)C=Cc1ccoc1. The molecule has 0 fully saturated rings. The number of carbonyl (C=O) groups excluding carboxylic acids is 2. The van der Waals surface area contributed by atoms with Gasteiger partial charge in [0.1, 0.15) is 0 Å². The molecule has 0 aromatic carbocycles. The van der Waals surface area contributed by atoms with Gasteiger partial charge in [0.15, 0.2) is 0 Å². The number of ketones is 1. The minimum Gasteiger partial charge on any atom is -0.472 e. The summed E-state index contributed by atoms with van der Waals surface area (Å²) in [6.07, 6.45) is 5.59. The normalized spacial score (nSPS) is 10.4. The number of furan rings is 1. The van der Waals surface area contributed by atoms with E-state index in [0.29, 0.717) is 0 Å². The van der Waals surface area contributed by atoms with Gasteiger partial charge in [-0.3, -0.25) is 4.79 Å². The molecule has 0 aliphatic carbocycles. The van der Waals surface area contributed by atoms with E-state index in [2.05, 4.69) is 4.74 Å². The molecule has 4 nitrogen and oxygen atoms in total. The number of ether oxygens (including phenoxy) is 1. The summed E-state index contributed by atoms with van der Waals surface area (Å²) in [6, 6.07) is 1.68. The second-order valence-electron chi connectivity index (χ2n) is 2.47. The first kappa shape index (κ1) is 10.2. The zero-order valence-electron chi connectivity index (χ0n) is 7.73. The average molecular weight is 194 g/mol. The zero-order chi connectivity index (χ0) is 10.4. The molecular formula is C10H10O4. The first-order valence-electron chi connectivity index (χ1n) is 4.15. The summed E-state index contributed by atoms with van der Waals surface area (Å²) in [7, 11) is 0. The largest absolute Gasteiger partial charge is 0.472 e. The Labute approximate surface area is 81.2 Å². The summed E-state index contributed by atoms with van der Waals surface area (Å²) < 4.78 is 9.29. The summed E-state index contributed by atoms with van der Waals surface area (Å²) in [5.41, 5.74) is 0.725. The van der Waals surface area contributed by atoms with Gasteiger partial charge < -0.3 is 9.15 Å². The van der Waals surface area contributed by atoms with E-state index in [0.717, 1.165) is 11.6 Å². The Bertz CT molecular complexity index is 335. The van der Waals surface area contributed by atoms with Gasteiger partial charge in [-0.15, -0.1) is 0 Å². The molecule has 0 aliphatic heterocycles. The fourth-order valence-electron chi connectivity index (χ4n) is 0.812. The first-order chi connectivity index (χ1) is 6.74. The summed E-state index contributed by atoms with van der Waals surface area (Å²) in [5.74, 6) is -1.51. The van der Waals surface area contributed by atoms with Gasteiger partial charge >= 0.3 is 5.97 Å². The molecule has 0 aliphatic rings. The maximum atomic E-state index is 11.0. The van der Waals surface area contributed by atoms with Crippen molar-refractivity contribution >= 4 is 17.8 Å². The van der Waals surface area contributed by atoms with E-state index in [9.17, 15) is 9.59 Å². The standard InChI is InChI=1S/C10H10O4/c1-2-14-10(12)9(11)4-3-8-5-6-13-7-8/h3-7H,2H2,1H3. The number of hydrogen-bond donors (Lipinski definition) is 0. The quantitative estimate of drug-likeness (QED) is 0.413. The molecule has 0 atom stereocenters. The van der Waals surface area contributed by atoms with Crippen LogP contribution in [0.1, 0.15) is 12.5 Å².